The largest absolute Gasteiger partial charge is 0.497 e. The third-order valence-electron chi connectivity index (χ3n) is 5.68. The van der Waals surface area contributed by atoms with Gasteiger partial charge in [-0.15, -0.1) is 0 Å². The molecule has 0 spiro atoms. The summed E-state index contributed by atoms with van der Waals surface area (Å²) >= 11 is 1.67. The van der Waals surface area contributed by atoms with Crippen molar-refractivity contribution in [3.63, 3.8) is 0 Å². The first kappa shape index (κ1) is 22.7. The van der Waals surface area contributed by atoms with Gasteiger partial charge < -0.3 is 19.8 Å². The van der Waals surface area contributed by atoms with Gasteiger partial charge in [-0.1, -0.05) is 30.3 Å². The highest BCUT2D eigenvalue weighted by Crippen LogP contribution is 2.34. The zero-order valence-electron chi connectivity index (χ0n) is 18.9. The van der Waals surface area contributed by atoms with Crippen LogP contribution in [0.3, 0.4) is 0 Å². The van der Waals surface area contributed by atoms with Crippen molar-refractivity contribution in [2.75, 3.05) is 12.4 Å². The third kappa shape index (κ3) is 4.78. The van der Waals surface area contributed by atoms with Crippen molar-refractivity contribution in [1.29, 1.82) is 0 Å². The van der Waals surface area contributed by atoms with E-state index in [1.54, 1.807) is 43.1 Å². The van der Waals surface area contributed by atoms with Gasteiger partial charge >= 0.3 is 5.63 Å². The summed E-state index contributed by atoms with van der Waals surface area (Å²) in [4.78, 5) is 38.1. The second-order valence-corrected chi connectivity index (χ2v) is 8.97. The number of hydrogen-bond acceptors (Lipinski definition) is 7. The molecule has 0 unspecified atom stereocenters. The van der Waals surface area contributed by atoms with Crippen molar-refractivity contribution in [1.82, 2.24) is 15.1 Å². The maximum absolute atomic E-state index is 13.0. The van der Waals surface area contributed by atoms with Gasteiger partial charge in [0.2, 0.25) is 5.91 Å². The molecule has 1 aliphatic heterocycles. The number of fused-ring (bicyclic) bond motifs is 2. The Morgan fingerprint density at radius 2 is 1.94 bits per heavy atom. The van der Waals surface area contributed by atoms with Gasteiger partial charge in [0.15, 0.2) is 0 Å². The number of carbonyl (C=O) groups is 2. The number of nitrogens with zero attached hydrogens (tertiary/aromatic N) is 2. The molecule has 5 rings (SSSR count). The lowest BCUT2D eigenvalue weighted by Gasteiger charge is -2.11. The Bertz CT molecular complexity index is 1480. The number of nitrogens with one attached hydrogen (secondary N) is 2. The summed E-state index contributed by atoms with van der Waals surface area (Å²) in [7, 11) is 1.60. The van der Waals surface area contributed by atoms with E-state index in [0.717, 1.165) is 22.6 Å². The zero-order chi connectivity index (χ0) is 24.4. The molecule has 0 fully saturated rings. The minimum absolute atomic E-state index is 0.0736. The number of benzene rings is 2. The lowest BCUT2D eigenvalue weighted by Crippen LogP contribution is -2.29. The van der Waals surface area contributed by atoms with Gasteiger partial charge in [0.05, 0.1) is 12.8 Å². The highest BCUT2D eigenvalue weighted by molar-refractivity contribution is 7.98. The lowest BCUT2D eigenvalue weighted by molar-refractivity contribution is -0.122. The fourth-order valence-corrected chi connectivity index (χ4v) is 4.89. The van der Waals surface area contributed by atoms with Crippen molar-refractivity contribution in [3.8, 4) is 5.75 Å². The van der Waals surface area contributed by atoms with E-state index in [1.165, 1.54) is 10.7 Å². The molecule has 2 aromatic carbocycles. The Balaban J connectivity index is 1.33. The Morgan fingerprint density at radius 3 is 2.74 bits per heavy atom. The molecule has 0 bridgehead atoms. The molecule has 3 heterocycles. The molecular formula is C25H22N4O5S. The average Bonchev–Trinajstić information content (AvgIpc) is 3.45. The summed E-state index contributed by atoms with van der Waals surface area (Å²) in [5.74, 6) is 1.65. The fraction of sp³-hybridized carbons (Fsp3) is 0.200. The molecule has 0 atom stereocenters. The summed E-state index contributed by atoms with van der Waals surface area (Å²) < 4.78 is 11.9. The standard InChI is InChI=1S/C25H22N4O5S/c1-33-17-8-6-15(7-9-17)11-26-22(30)12-29-23(19-13-35-14-20(19)28-29)27-24(31)18-10-16-4-2-3-5-21(16)34-25(18)32/h2-10H,11-14H2,1H3,(H,26,30)(H,27,31). The molecule has 0 aliphatic carbocycles. The molecule has 2 amide bonds. The van der Waals surface area contributed by atoms with Crippen molar-refractivity contribution >= 4 is 40.4 Å². The first-order valence-electron chi connectivity index (χ1n) is 10.9. The number of rotatable bonds is 7. The molecular weight excluding hydrogens is 468 g/mol. The lowest BCUT2D eigenvalue weighted by atomic mass is 10.1. The summed E-state index contributed by atoms with van der Waals surface area (Å²) in [6.07, 6.45) is 0. The average molecular weight is 491 g/mol. The number of methoxy groups -OCH3 is 1. The molecule has 35 heavy (non-hydrogen) atoms. The first-order valence-corrected chi connectivity index (χ1v) is 12.1. The van der Waals surface area contributed by atoms with Crippen LogP contribution in [0.1, 0.15) is 27.2 Å². The zero-order valence-corrected chi connectivity index (χ0v) is 19.7. The van der Waals surface area contributed by atoms with E-state index in [1.807, 2.05) is 24.3 Å². The van der Waals surface area contributed by atoms with Crippen molar-refractivity contribution < 1.29 is 18.7 Å². The predicted molar refractivity (Wildman–Crippen MR) is 133 cm³/mol. The Kier molecular flexibility index (Phi) is 6.28. The van der Waals surface area contributed by atoms with Crippen LogP contribution in [0.5, 0.6) is 5.75 Å². The number of carbonyl (C=O) groups excluding carboxylic acids is 2. The normalized spacial score (nSPS) is 12.4. The second kappa shape index (κ2) is 9.67. The second-order valence-electron chi connectivity index (χ2n) is 7.99. The molecule has 0 saturated heterocycles. The predicted octanol–water partition coefficient (Wildman–Crippen LogP) is 3.31. The molecule has 0 saturated carbocycles. The van der Waals surface area contributed by atoms with Crippen molar-refractivity contribution in [3.05, 3.63) is 87.4 Å². The molecule has 4 aromatic rings. The number of hydrogen-bond donors (Lipinski definition) is 2. The molecule has 2 aromatic heterocycles. The highest BCUT2D eigenvalue weighted by Gasteiger charge is 2.26. The maximum Gasteiger partial charge on any atom is 0.349 e. The molecule has 1 aliphatic rings. The fourth-order valence-electron chi connectivity index (χ4n) is 3.85. The van der Waals surface area contributed by atoms with Gasteiger partial charge in [0, 0.05) is 29.0 Å². The quantitative estimate of drug-likeness (QED) is 0.382. The summed E-state index contributed by atoms with van der Waals surface area (Å²) in [5, 5.41) is 10.8. The van der Waals surface area contributed by atoms with Crippen LogP contribution in [-0.4, -0.2) is 28.7 Å². The number of aromatic nitrogens is 2. The number of para-hydroxylation sites is 1. The molecule has 9 nitrogen and oxygen atoms in total. The minimum Gasteiger partial charge on any atom is -0.497 e. The van der Waals surface area contributed by atoms with Gasteiger partial charge in [0.1, 0.15) is 29.3 Å². The van der Waals surface area contributed by atoms with Crippen molar-refractivity contribution in [2.24, 2.45) is 0 Å². The molecule has 10 heteroatoms. The van der Waals surface area contributed by atoms with Gasteiger partial charge in [-0.3, -0.25) is 9.59 Å². The van der Waals surface area contributed by atoms with Crippen LogP contribution >= 0.6 is 11.8 Å². The van der Waals surface area contributed by atoms with Crippen LogP contribution < -0.4 is 21.0 Å². The van der Waals surface area contributed by atoms with E-state index in [0.29, 0.717) is 34.8 Å². The van der Waals surface area contributed by atoms with E-state index in [9.17, 15) is 14.4 Å². The number of ether oxygens (including phenoxy) is 1. The van der Waals surface area contributed by atoms with Crippen molar-refractivity contribution in [2.45, 2.75) is 24.6 Å². The minimum atomic E-state index is -0.726. The Hall–Kier alpha value is -4.05. The summed E-state index contributed by atoms with van der Waals surface area (Å²) in [5.41, 5.74) is 2.17. The van der Waals surface area contributed by atoms with Crippen LogP contribution in [-0.2, 0) is 29.4 Å². The molecule has 2 N–H and O–H groups in total. The summed E-state index contributed by atoms with van der Waals surface area (Å²) in [6, 6.07) is 15.9. The maximum atomic E-state index is 13.0. The number of amides is 2. The Labute approximate surface area is 204 Å². The smallest absolute Gasteiger partial charge is 0.349 e. The summed E-state index contributed by atoms with van der Waals surface area (Å²) in [6.45, 7) is 0.273. The SMILES string of the molecule is COc1ccc(CNC(=O)Cn2nc3c(c2NC(=O)c2cc4ccccc4oc2=O)CSC3)cc1. The topological polar surface area (TPSA) is 115 Å². The van der Waals surface area contributed by atoms with Crippen LogP contribution in [0.4, 0.5) is 5.82 Å². The molecule has 0 radical (unpaired) electrons. The third-order valence-corrected chi connectivity index (χ3v) is 6.65. The van der Waals surface area contributed by atoms with Gasteiger partial charge in [0.25, 0.3) is 5.91 Å². The molecule has 178 valence electrons. The van der Waals surface area contributed by atoms with E-state index >= 15 is 0 Å². The van der Waals surface area contributed by atoms with E-state index < -0.39 is 11.5 Å². The Morgan fingerprint density at radius 1 is 1.14 bits per heavy atom. The van der Waals surface area contributed by atoms with Crippen LogP contribution in [0, 0.1) is 0 Å². The van der Waals surface area contributed by atoms with E-state index in [2.05, 4.69) is 15.7 Å². The first-order chi connectivity index (χ1) is 17.0. The monoisotopic (exact) mass is 490 g/mol. The van der Waals surface area contributed by atoms with Gasteiger partial charge in [-0.25, -0.2) is 9.48 Å². The van der Waals surface area contributed by atoms with E-state index in [-0.39, 0.29) is 18.0 Å². The van der Waals surface area contributed by atoms with Crippen LogP contribution in [0.15, 0.2) is 63.8 Å². The van der Waals surface area contributed by atoms with E-state index in [4.69, 9.17) is 9.15 Å². The van der Waals surface area contributed by atoms with Crippen LogP contribution in [0.25, 0.3) is 11.0 Å². The van der Waals surface area contributed by atoms with Gasteiger partial charge in [-0.05, 0) is 29.8 Å². The number of thioether (sulfide) groups is 1. The highest BCUT2D eigenvalue weighted by atomic mass is 32.2. The van der Waals surface area contributed by atoms with Crippen LogP contribution in [0.2, 0.25) is 0 Å². The number of anilines is 1. The van der Waals surface area contributed by atoms with Gasteiger partial charge in [-0.2, -0.15) is 16.9 Å².